The highest BCUT2D eigenvalue weighted by molar-refractivity contribution is 5.86. The predicted molar refractivity (Wildman–Crippen MR) is 135 cm³/mol. The number of nitrogens with zero attached hydrogens (tertiary/aromatic N) is 6. The molecular formula is C25H34F2N8O. The van der Waals surface area contributed by atoms with E-state index in [1.165, 1.54) is 0 Å². The second kappa shape index (κ2) is 10.5. The number of hydrogen-bond donors (Lipinski definition) is 2. The summed E-state index contributed by atoms with van der Waals surface area (Å²) in [7, 11) is 2.17. The van der Waals surface area contributed by atoms with Crippen molar-refractivity contribution in [2.75, 3.05) is 50.8 Å². The van der Waals surface area contributed by atoms with Gasteiger partial charge in [0.05, 0.1) is 12.7 Å². The topological polar surface area (TPSA) is 97.4 Å². The number of nitrogens with one attached hydrogen (secondary N) is 1. The van der Waals surface area contributed by atoms with E-state index in [1.54, 1.807) is 16.9 Å². The van der Waals surface area contributed by atoms with E-state index in [9.17, 15) is 8.78 Å². The van der Waals surface area contributed by atoms with Crippen LogP contribution in [0.4, 0.5) is 20.5 Å². The van der Waals surface area contributed by atoms with Crippen LogP contribution in [0.2, 0.25) is 0 Å². The van der Waals surface area contributed by atoms with Gasteiger partial charge in [-0.1, -0.05) is 25.5 Å². The Hall–Kier alpha value is -3.05. The van der Waals surface area contributed by atoms with Gasteiger partial charge in [-0.25, -0.2) is 4.98 Å². The molecule has 2 aliphatic heterocycles. The van der Waals surface area contributed by atoms with Gasteiger partial charge in [-0.3, -0.25) is 9.58 Å². The number of hydrogen-bond acceptors (Lipinski definition) is 8. The third kappa shape index (κ3) is 5.36. The monoisotopic (exact) mass is 500 g/mol. The van der Waals surface area contributed by atoms with Gasteiger partial charge >= 0.3 is 6.61 Å². The van der Waals surface area contributed by atoms with Gasteiger partial charge < -0.3 is 20.7 Å². The molecule has 9 nitrogen and oxygen atoms in total. The Morgan fingerprint density at radius 3 is 2.64 bits per heavy atom. The molecule has 194 valence electrons. The molecule has 1 aromatic carbocycles. The van der Waals surface area contributed by atoms with E-state index in [4.69, 9.17) is 10.5 Å². The molecule has 2 fully saturated rings. The summed E-state index contributed by atoms with van der Waals surface area (Å²) in [5, 5.41) is 7.75. The zero-order valence-corrected chi connectivity index (χ0v) is 20.8. The van der Waals surface area contributed by atoms with Gasteiger partial charge in [0.25, 0.3) is 0 Å². The van der Waals surface area contributed by atoms with Crippen molar-refractivity contribution in [3.05, 3.63) is 35.5 Å². The van der Waals surface area contributed by atoms with E-state index >= 15 is 0 Å². The number of nitrogens with two attached hydrogens (primary N) is 1. The van der Waals surface area contributed by atoms with Gasteiger partial charge in [0, 0.05) is 44.8 Å². The Labute approximate surface area is 209 Å². The average Bonchev–Trinajstić information content (AvgIpc) is 3.48. The molecule has 3 aromatic rings. The maximum absolute atomic E-state index is 13.3. The van der Waals surface area contributed by atoms with Crippen molar-refractivity contribution in [2.24, 2.45) is 11.8 Å². The molecule has 36 heavy (non-hydrogen) atoms. The summed E-state index contributed by atoms with van der Waals surface area (Å²) in [4.78, 5) is 13.4. The average molecular weight is 501 g/mol. The first kappa shape index (κ1) is 24.6. The lowest BCUT2D eigenvalue weighted by Gasteiger charge is -2.20. The molecule has 4 heterocycles. The van der Waals surface area contributed by atoms with E-state index in [2.05, 4.69) is 44.2 Å². The number of likely N-dealkylation sites (tertiary alicyclic amines) is 2. The fourth-order valence-electron chi connectivity index (χ4n) is 5.55. The zero-order chi connectivity index (χ0) is 25.2. The molecule has 5 rings (SSSR count). The van der Waals surface area contributed by atoms with Crippen molar-refractivity contribution in [3.63, 3.8) is 0 Å². The zero-order valence-electron chi connectivity index (χ0n) is 20.8. The smallest absolute Gasteiger partial charge is 0.387 e. The third-order valence-electron chi connectivity index (χ3n) is 7.15. The summed E-state index contributed by atoms with van der Waals surface area (Å²) in [6, 6.07) is 5.59. The number of fused-ring (bicyclic) bond motifs is 2. The van der Waals surface area contributed by atoms with Gasteiger partial charge in [0.15, 0.2) is 5.82 Å². The van der Waals surface area contributed by atoms with Crippen molar-refractivity contribution in [3.8, 4) is 5.75 Å². The number of unbranched alkanes of at least 4 members (excludes halogenated alkanes) is 1. The fourth-order valence-corrected chi connectivity index (χ4v) is 5.55. The molecule has 0 saturated carbocycles. The Morgan fingerprint density at radius 1 is 1.14 bits per heavy atom. The summed E-state index contributed by atoms with van der Waals surface area (Å²) in [5.41, 5.74) is 8.73. The van der Waals surface area contributed by atoms with Gasteiger partial charge in [-0.05, 0) is 36.9 Å². The lowest BCUT2D eigenvalue weighted by molar-refractivity contribution is -0.0505. The predicted octanol–water partition coefficient (Wildman–Crippen LogP) is 3.26. The lowest BCUT2D eigenvalue weighted by Crippen LogP contribution is -2.26. The first-order valence-electron chi connectivity index (χ1n) is 12.6. The summed E-state index contributed by atoms with van der Waals surface area (Å²) < 4.78 is 33.3. The standard InChI is InChI=1S/C25H34F2N8O/c1-3-4-7-29-23-22-20(31-25(28)32-23)9-30-35(22)15-17-6-5-16(8-21(17)36-24(26)27)10-34-13-18-11-33(2)12-19(18)14-34/h5-6,8-9,18-19,24H,3-4,7,10-15H2,1-2H3,(H3,28,29,31,32)/t18-,19+. The molecule has 0 bridgehead atoms. The van der Waals surface area contributed by atoms with E-state index in [-0.39, 0.29) is 18.2 Å². The maximum Gasteiger partial charge on any atom is 0.387 e. The minimum absolute atomic E-state index is 0.157. The molecule has 0 aliphatic carbocycles. The molecule has 2 aromatic heterocycles. The number of ether oxygens (including phenoxy) is 1. The molecule has 2 atom stereocenters. The Bertz CT molecular complexity index is 1190. The number of anilines is 2. The highest BCUT2D eigenvalue weighted by Gasteiger charge is 2.38. The molecule has 2 saturated heterocycles. The van der Waals surface area contributed by atoms with E-state index in [0.29, 0.717) is 34.3 Å². The van der Waals surface area contributed by atoms with Crippen molar-refractivity contribution in [1.82, 2.24) is 29.5 Å². The first-order valence-corrected chi connectivity index (χ1v) is 12.6. The van der Waals surface area contributed by atoms with Crippen LogP contribution in [0.3, 0.4) is 0 Å². The molecule has 11 heteroatoms. The Morgan fingerprint density at radius 2 is 1.92 bits per heavy atom. The minimum atomic E-state index is -2.91. The van der Waals surface area contributed by atoms with Crippen molar-refractivity contribution in [1.29, 1.82) is 0 Å². The largest absolute Gasteiger partial charge is 0.434 e. The summed E-state index contributed by atoms with van der Waals surface area (Å²) in [5.74, 6) is 2.29. The quantitative estimate of drug-likeness (QED) is 0.410. The van der Waals surface area contributed by atoms with Crippen molar-refractivity contribution in [2.45, 2.75) is 39.5 Å². The number of alkyl halides is 2. The highest BCUT2D eigenvalue weighted by Crippen LogP contribution is 2.32. The number of benzene rings is 1. The van der Waals surface area contributed by atoms with Gasteiger partial charge in [0.2, 0.25) is 5.95 Å². The van der Waals surface area contributed by atoms with Crippen LogP contribution in [-0.2, 0) is 13.1 Å². The minimum Gasteiger partial charge on any atom is -0.434 e. The second-order valence-electron chi connectivity index (χ2n) is 10.0. The highest BCUT2D eigenvalue weighted by atomic mass is 19.3. The Balaban J connectivity index is 1.37. The maximum atomic E-state index is 13.3. The van der Waals surface area contributed by atoms with Crippen LogP contribution in [0.1, 0.15) is 30.9 Å². The second-order valence-corrected chi connectivity index (χ2v) is 10.0. The van der Waals surface area contributed by atoms with Gasteiger partial charge in [-0.15, -0.1) is 0 Å². The van der Waals surface area contributed by atoms with E-state index < -0.39 is 6.61 Å². The fraction of sp³-hybridized carbons (Fsp3) is 0.560. The SMILES string of the molecule is CCCCNc1nc(N)nc2cnn(Cc3ccc(CN4C[C@H]5CN(C)C[C@H]5C4)cc3OC(F)F)c12. The lowest BCUT2D eigenvalue weighted by atomic mass is 10.0. The molecular weight excluding hydrogens is 466 g/mol. The van der Waals surface area contributed by atoms with Gasteiger partial charge in [0.1, 0.15) is 16.8 Å². The van der Waals surface area contributed by atoms with Crippen LogP contribution >= 0.6 is 0 Å². The van der Waals surface area contributed by atoms with Crippen LogP contribution in [0.25, 0.3) is 11.0 Å². The Kier molecular flexibility index (Phi) is 7.20. The number of aromatic nitrogens is 4. The van der Waals surface area contributed by atoms with Crippen LogP contribution in [0.15, 0.2) is 24.4 Å². The first-order chi connectivity index (χ1) is 17.4. The molecule has 2 aliphatic rings. The molecule has 0 unspecified atom stereocenters. The van der Waals surface area contributed by atoms with E-state index in [0.717, 1.165) is 57.7 Å². The normalized spacial score (nSPS) is 20.5. The van der Waals surface area contributed by atoms with Crippen LogP contribution in [-0.4, -0.2) is 75.9 Å². The molecule has 0 amide bonds. The van der Waals surface area contributed by atoms with Crippen LogP contribution in [0.5, 0.6) is 5.75 Å². The van der Waals surface area contributed by atoms with E-state index in [1.807, 2.05) is 12.1 Å². The summed E-state index contributed by atoms with van der Waals surface area (Å²) >= 11 is 0. The van der Waals surface area contributed by atoms with Crippen LogP contribution < -0.4 is 15.8 Å². The molecule has 0 spiro atoms. The molecule has 3 N–H and O–H groups in total. The van der Waals surface area contributed by atoms with Crippen molar-refractivity contribution >= 4 is 22.8 Å². The van der Waals surface area contributed by atoms with Crippen LogP contribution in [0, 0.1) is 11.8 Å². The number of halogens is 2. The van der Waals surface area contributed by atoms with Gasteiger partial charge in [-0.2, -0.15) is 18.9 Å². The third-order valence-corrected chi connectivity index (χ3v) is 7.15. The number of nitrogen functional groups attached to an aromatic ring is 1. The molecule has 0 radical (unpaired) electrons. The summed E-state index contributed by atoms with van der Waals surface area (Å²) in [6.07, 6.45) is 3.62. The summed E-state index contributed by atoms with van der Waals surface area (Å²) in [6.45, 7) is 5.22. The van der Waals surface area contributed by atoms with Crippen molar-refractivity contribution < 1.29 is 13.5 Å². The number of rotatable bonds is 10.